The highest BCUT2D eigenvalue weighted by Gasteiger charge is 2.32. The average Bonchev–Trinajstić information content (AvgIpc) is 3.12. The van der Waals surface area contributed by atoms with E-state index in [1.807, 2.05) is 84.9 Å². The molecule has 0 saturated carbocycles. The monoisotopic (exact) mass is 474 g/mol. The predicted octanol–water partition coefficient (Wildman–Crippen LogP) is 6.46. The molecule has 4 nitrogen and oxygen atoms in total. The van der Waals surface area contributed by atoms with Crippen molar-refractivity contribution in [2.45, 2.75) is 19.8 Å². The van der Waals surface area contributed by atoms with Gasteiger partial charge >= 0.3 is 0 Å². The molecule has 1 amide bonds. The smallest absolute Gasteiger partial charge is 0.282 e. The van der Waals surface area contributed by atoms with Crippen LogP contribution in [0.3, 0.4) is 0 Å². The van der Waals surface area contributed by atoms with Crippen LogP contribution < -0.4 is 9.64 Å². The zero-order chi connectivity index (χ0) is 21.6. The van der Waals surface area contributed by atoms with Gasteiger partial charge in [-0.15, -0.1) is 0 Å². The molecule has 3 aromatic rings. The van der Waals surface area contributed by atoms with Crippen molar-refractivity contribution in [3.05, 3.63) is 100 Å². The number of benzene rings is 3. The molecule has 0 aromatic heterocycles. The number of ether oxygens (including phenoxy) is 1. The van der Waals surface area contributed by atoms with Crippen LogP contribution in [0.25, 0.3) is 6.08 Å². The number of carbonyl (C=O) groups is 1. The molecular formula is C26H23BrN2O2. The van der Waals surface area contributed by atoms with Gasteiger partial charge in [0.2, 0.25) is 0 Å². The van der Waals surface area contributed by atoms with Gasteiger partial charge in [0.1, 0.15) is 17.3 Å². The van der Waals surface area contributed by atoms with Crippen molar-refractivity contribution < 1.29 is 9.53 Å². The normalized spacial score (nSPS) is 14.8. The van der Waals surface area contributed by atoms with E-state index >= 15 is 0 Å². The van der Waals surface area contributed by atoms with E-state index in [-0.39, 0.29) is 5.91 Å². The Morgan fingerprint density at radius 2 is 1.68 bits per heavy atom. The molecule has 0 bridgehead atoms. The highest BCUT2D eigenvalue weighted by atomic mass is 79.9. The minimum Gasteiger partial charge on any atom is -0.494 e. The maximum atomic E-state index is 13.3. The first-order valence-corrected chi connectivity index (χ1v) is 11.1. The summed E-state index contributed by atoms with van der Waals surface area (Å²) in [6.45, 7) is 2.84. The van der Waals surface area contributed by atoms with E-state index < -0.39 is 0 Å². The lowest BCUT2D eigenvalue weighted by Crippen LogP contribution is -2.32. The Balaban J connectivity index is 1.69. The number of halogens is 1. The molecule has 0 N–H and O–H groups in total. The summed E-state index contributed by atoms with van der Waals surface area (Å²) in [7, 11) is 0. The molecule has 156 valence electrons. The Bertz CT molecular complexity index is 1100. The van der Waals surface area contributed by atoms with Crippen LogP contribution in [0.15, 0.2) is 94.0 Å². The summed E-state index contributed by atoms with van der Waals surface area (Å²) in [4.78, 5) is 19.7. The van der Waals surface area contributed by atoms with Crippen molar-refractivity contribution >= 4 is 39.4 Å². The van der Waals surface area contributed by atoms with Gasteiger partial charge in [0, 0.05) is 10.0 Å². The predicted molar refractivity (Wildman–Crippen MR) is 129 cm³/mol. The molecule has 0 unspecified atom stereocenters. The Labute approximate surface area is 191 Å². The molecule has 0 radical (unpaired) electrons. The highest BCUT2D eigenvalue weighted by Crippen LogP contribution is 2.28. The molecule has 5 heteroatoms. The fourth-order valence-corrected chi connectivity index (χ4v) is 3.54. The minimum absolute atomic E-state index is 0.146. The Kier molecular flexibility index (Phi) is 6.63. The number of amidine groups is 1. The van der Waals surface area contributed by atoms with Crippen molar-refractivity contribution in [3.63, 3.8) is 0 Å². The largest absolute Gasteiger partial charge is 0.494 e. The summed E-state index contributed by atoms with van der Waals surface area (Å²) in [6, 6.07) is 25.2. The van der Waals surface area contributed by atoms with Crippen LogP contribution >= 0.6 is 15.9 Å². The standard InChI is InChI=1S/C26H23BrN2O2/c1-2-3-17-31-23-15-11-20(12-16-23)25-28-24(18-19-9-13-21(27)14-10-19)26(30)29(25)22-7-5-4-6-8-22/h4-16,18H,2-3,17H2,1H3. The molecule has 1 aliphatic heterocycles. The topological polar surface area (TPSA) is 41.9 Å². The van der Waals surface area contributed by atoms with Crippen molar-refractivity contribution in [1.29, 1.82) is 0 Å². The molecule has 31 heavy (non-hydrogen) atoms. The molecular weight excluding hydrogens is 452 g/mol. The summed E-state index contributed by atoms with van der Waals surface area (Å²) in [5, 5.41) is 0. The quantitative estimate of drug-likeness (QED) is 0.291. The summed E-state index contributed by atoms with van der Waals surface area (Å²) in [6.07, 6.45) is 3.94. The number of carbonyl (C=O) groups excluding carboxylic acids is 1. The zero-order valence-electron chi connectivity index (χ0n) is 17.3. The third kappa shape index (κ3) is 4.94. The van der Waals surface area contributed by atoms with Crippen LogP contribution in [0.5, 0.6) is 5.75 Å². The third-order valence-electron chi connectivity index (χ3n) is 4.93. The second-order valence-corrected chi connectivity index (χ2v) is 8.13. The molecule has 0 fully saturated rings. The van der Waals surface area contributed by atoms with Crippen molar-refractivity contribution in [2.75, 3.05) is 11.5 Å². The first kappa shape index (κ1) is 21.1. The SMILES string of the molecule is CCCCOc1ccc(C2=NC(=Cc3ccc(Br)cc3)C(=O)N2c2ccccc2)cc1. The van der Waals surface area contributed by atoms with E-state index in [0.717, 1.165) is 39.9 Å². The van der Waals surface area contributed by atoms with Gasteiger partial charge in [-0.25, -0.2) is 4.99 Å². The van der Waals surface area contributed by atoms with Gasteiger partial charge in [0.15, 0.2) is 0 Å². The molecule has 1 heterocycles. The maximum absolute atomic E-state index is 13.3. The van der Waals surface area contributed by atoms with E-state index in [1.54, 1.807) is 4.90 Å². The number of aliphatic imine (C=N–C) groups is 1. The van der Waals surface area contributed by atoms with Gasteiger partial charge in [0.25, 0.3) is 5.91 Å². The first-order valence-electron chi connectivity index (χ1n) is 10.3. The fraction of sp³-hybridized carbons (Fsp3) is 0.154. The van der Waals surface area contributed by atoms with Crippen LogP contribution in [-0.2, 0) is 4.79 Å². The fourth-order valence-electron chi connectivity index (χ4n) is 3.28. The summed E-state index contributed by atoms with van der Waals surface area (Å²) >= 11 is 3.44. The number of unbranched alkanes of at least 4 members (excludes halogenated alkanes) is 1. The van der Waals surface area contributed by atoms with E-state index in [0.29, 0.717) is 18.1 Å². The van der Waals surface area contributed by atoms with Gasteiger partial charge in [-0.1, -0.05) is 59.6 Å². The summed E-state index contributed by atoms with van der Waals surface area (Å²) in [5.41, 5.74) is 2.97. The Morgan fingerprint density at radius 1 is 0.968 bits per heavy atom. The highest BCUT2D eigenvalue weighted by molar-refractivity contribution is 9.10. The van der Waals surface area contributed by atoms with Crippen LogP contribution in [0.4, 0.5) is 5.69 Å². The van der Waals surface area contributed by atoms with Crippen LogP contribution in [-0.4, -0.2) is 18.3 Å². The lowest BCUT2D eigenvalue weighted by Gasteiger charge is -2.18. The van der Waals surface area contributed by atoms with Crippen LogP contribution in [0.1, 0.15) is 30.9 Å². The second kappa shape index (κ2) is 9.75. The minimum atomic E-state index is -0.146. The average molecular weight is 475 g/mol. The first-order chi connectivity index (χ1) is 15.2. The van der Waals surface area contributed by atoms with E-state index in [9.17, 15) is 4.79 Å². The lowest BCUT2D eigenvalue weighted by molar-refractivity contribution is -0.113. The lowest BCUT2D eigenvalue weighted by atomic mass is 10.1. The summed E-state index contributed by atoms with van der Waals surface area (Å²) in [5.74, 6) is 1.28. The summed E-state index contributed by atoms with van der Waals surface area (Å²) < 4.78 is 6.76. The Morgan fingerprint density at radius 3 is 2.35 bits per heavy atom. The molecule has 0 saturated heterocycles. The van der Waals surface area contributed by atoms with E-state index in [4.69, 9.17) is 9.73 Å². The third-order valence-corrected chi connectivity index (χ3v) is 5.46. The van der Waals surface area contributed by atoms with Crippen LogP contribution in [0.2, 0.25) is 0 Å². The molecule has 0 atom stereocenters. The molecule has 1 aliphatic rings. The number of hydrogen-bond donors (Lipinski definition) is 0. The Hall–Kier alpha value is -3.18. The van der Waals surface area contributed by atoms with Gasteiger partial charge in [-0.3, -0.25) is 9.69 Å². The van der Waals surface area contributed by atoms with Gasteiger partial charge in [0.05, 0.1) is 12.3 Å². The van der Waals surface area contributed by atoms with Gasteiger partial charge < -0.3 is 4.74 Å². The van der Waals surface area contributed by atoms with Crippen molar-refractivity contribution in [1.82, 2.24) is 0 Å². The van der Waals surface area contributed by atoms with E-state index in [1.165, 1.54) is 0 Å². The number of hydrogen-bond acceptors (Lipinski definition) is 3. The number of anilines is 1. The number of amides is 1. The van der Waals surface area contributed by atoms with Gasteiger partial charge in [-0.2, -0.15) is 0 Å². The van der Waals surface area contributed by atoms with E-state index in [2.05, 4.69) is 22.9 Å². The molecule has 4 rings (SSSR count). The molecule has 0 spiro atoms. The number of rotatable bonds is 7. The maximum Gasteiger partial charge on any atom is 0.282 e. The molecule has 3 aromatic carbocycles. The zero-order valence-corrected chi connectivity index (χ0v) is 18.9. The second-order valence-electron chi connectivity index (χ2n) is 7.22. The van der Waals surface area contributed by atoms with Gasteiger partial charge in [-0.05, 0) is 66.6 Å². The molecule has 0 aliphatic carbocycles. The van der Waals surface area contributed by atoms with Crippen LogP contribution in [0, 0.1) is 0 Å². The number of nitrogens with zero attached hydrogens (tertiary/aromatic N) is 2. The van der Waals surface area contributed by atoms with Crippen molar-refractivity contribution in [3.8, 4) is 5.75 Å². The van der Waals surface area contributed by atoms with Crippen molar-refractivity contribution in [2.24, 2.45) is 4.99 Å². The number of para-hydroxylation sites is 1.